The molecule has 9 heteroatoms. The summed E-state index contributed by atoms with van der Waals surface area (Å²) in [5.41, 5.74) is 1.03. The molecule has 36 heavy (non-hydrogen) atoms. The number of allylic oxidation sites excluding steroid dienone is 1. The summed E-state index contributed by atoms with van der Waals surface area (Å²) >= 11 is 0. The first-order valence-electron chi connectivity index (χ1n) is 12.0. The number of pyridine rings is 1. The third kappa shape index (κ3) is 6.90. The van der Waals surface area contributed by atoms with Crippen molar-refractivity contribution in [2.45, 2.75) is 52.4 Å². The molecular weight excluding hydrogens is 464 g/mol. The van der Waals surface area contributed by atoms with Crippen molar-refractivity contribution < 1.29 is 28.8 Å². The Bertz CT molecular complexity index is 1120. The molecule has 0 atom stereocenters. The highest BCUT2D eigenvalue weighted by Gasteiger charge is 2.27. The van der Waals surface area contributed by atoms with Crippen LogP contribution < -0.4 is 15.0 Å². The fourth-order valence-corrected chi connectivity index (χ4v) is 3.64. The molecule has 2 heterocycles. The average Bonchev–Trinajstić information content (AvgIpc) is 3.37. The number of hydrogen-bond acceptors (Lipinski definition) is 8. The highest BCUT2D eigenvalue weighted by atomic mass is 16.5. The zero-order chi connectivity index (χ0) is 26.7. The van der Waals surface area contributed by atoms with E-state index in [0.29, 0.717) is 59.9 Å². The van der Waals surface area contributed by atoms with Gasteiger partial charge in [-0.1, -0.05) is 32.9 Å². The number of cyclic esters (lactones) is 1. The van der Waals surface area contributed by atoms with E-state index in [0.717, 1.165) is 19.3 Å². The Balaban J connectivity index is 0.000000662. The summed E-state index contributed by atoms with van der Waals surface area (Å²) in [7, 11) is 4.58. The van der Waals surface area contributed by atoms with E-state index in [9.17, 15) is 14.7 Å². The lowest BCUT2D eigenvalue weighted by atomic mass is 9.95. The molecule has 1 aromatic carbocycles. The van der Waals surface area contributed by atoms with Crippen molar-refractivity contribution in [3.05, 3.63) is 52.1 Å². The monoisotopic (exact) mass is 500 g/mol. The Kier molecular flexibility index (Phi) is 11.1. The van der Waals surface area contributed by atoms with E-state index in [1.165, 1.54) is 7.05 Å². The standard InChI is InChI=1S/C23H30N2O5.C4H6O2/c1-7-9-11-15-18(19-16(28-5)12-10-13-17(19)29-6)21(26)20(22(27)25-15)23(24-4)30-14(3)8-2;5-4-2-1-3-6-4/h10,12-13H,3,7-9,11H2,1-2,4-6H3,(H2,25,26,27);1-3H2. The van der Waals surface area contributed by atoms with Crippen LogP contribution in [0.25, 0.3) is 11.1 Å². The molecule has 0 radical (unpaired) electrons. The smallest absolute Gasteiger partial charge is 0.305 e. The minimum atomic E-state index is -0.485. The van der Waals surface area contributed by atoms with Gasteiger partial charge in [0.05, 0.1) is 37.7 Å². The number of carbonyl (C=O) groups is 1. The molecule has 0 unspecified atom stereocenters. The topological polar surface area (TPSA) is 119 Å². The lowest BCUT2D eigenvalue weighted by Gasteiger charge is -2.19. The highest BCUT2D eigenvalue weighted by molar-refractivity contribution is 6.00. The van der Waals surface area contributed by atoms with Gasteiger partial charge in [0.1, 0.15) is 22.8 Å². The maximum atomic E-state index is 12.9. The van der Waals surface area contributed by atoms with Gasteiger partial charge in [-0.05, 0) is 31.4 Å². The first kappa shape index (κ1) is 28.5. The molecular formula is C27H36N2O7. The number of rotatable bonds is 9. The van der Waals surface area contributed by atoms with Crippen LogP contribution in [0.4, 0.5) is 0 Å². The minimum Gasteiger partial charge on any atom is -0.506 e. The number of ether oxygens (including phenoxy) is 4. The highest BCUT2D eigenvalue weighted by Crippen LogP contribution is 2.44. The molecule has 2 aromatic rings. The van der Waals surface area contributed by atoms with Crippen LogP contribution in [0, 0.1) is 0 Å². The summed E-state index contributed by atoms with van der Waals surface area (Å²) in [4.78, 5) is 29.9. The maximum absolute atomic E-state index is 12.9. The van der Waals surface area contributed by atoms with Gasteiger partial charge in [0.25, 0.3) is 5.56 Å². The van der Waals surface area contributed by atoms with Crippen LogP contribution in [0.2, 0.25) is 0 Å². The predicted molar refractivity (Wildman–Crippen MR) is 139 cm³/mol. The van der Waals surface area contributed by atoms with E-state index >= 15 is 0 Å². The number of hydrogen-bond donors (Lipinski definition) is 2. The number of esters is 1. The average molecular weight is 501 g/mol. The Hall–Kier alpha value is -3.75. The number of unbranched alkanes of at least 4 members (excludes halogenated alkanes) is 1. The van der Waals surface area contributed by atoms with Crippen molar-refractivity contribution in [2.75, 3.05) is 27.9 Å². The minimum absolute atomic E-state index is 0.00208. The second-order valence-corrected chi connectivity index (χ2v) is 8.02. The maximum Gasteiger partial charge on any atom is 0.305 e. The van der Waals surface area contributed by atoms with Gasteiger partial charge in [-0.15, -0.1) is 0 Å². The number of aryl methyl sites for hydroxylation is 1. The molecule has 2 N–H and O–H groups in total. The summed E-state index contributed by atoms with van der Waals surface area (Å²) in [5.74, 6) is 1.16. The molecule has 196 valence electrons. The molecule has 0 spiro atoms. The SMILES string of the molecule is C=C(CC)OC(=NC)c1c(O)c(-c2c(OC)cccc2OC)c(CCCC)[nH]c1=O.O=C1CCCO1. The first-order valence-corrected chi connectivity index (χ1v) is 12.0. The van der Waals surface area contributed by atoms with Gasteiger partial charge >= 0.3 is 5.97 Å². The van der Waals surface area contributed by atoms with Crippen LogP contribution in [0.5, 0.6) is 17.2 Å². The van der Waals surface area contributed by atoms with Gasteiger partial charge in [0, 0.05) is 25.6 Å². The number of nitrogens with zero attached hydrogens (tertiary/aromatic N) is 1. The molecule has 1 aliphatic heterocycles. The lowest BCUT2D eigenvalue weighted by Crippen LogP contribution is -2.23. The number of aliphatic imine (C=N–C) groups is 1. The van der Waals surface area contributed by atoms with Crippen molar-refractivity contribution in [1.82, 2.24) is 4.98 Å². The molecule has 0 saturated carbocycles. The van der Waals surface area contributed by atoms with Gasteiger partial charge < -0.3 is 29.0 Å². The van der Waals surface area contributed by atoms with Gasteiger partial charge in [0.15, 0.2) is 0 Å². The first-order chi connectivity index (χ1) is 17.3. The van der Waals surface area contributed by atoms with Gasteiger partial charge in [-0.25, -0.2) is 0 Å². The largest absolute Gasteiger partial charge is 0.506 e. The molecule has 0 amide bonds. The zero-order valence-electron chi connectivity index (χ0n) is 21.7. The van der Waals surface area contributed by atoms with E-state index in [1.54, 1.807) is 32.4 Å². The summed E-state index contributed by atoms with van der Waals surface area (Å²) in [6.07, 6.45) is 4.40. The fourth-order valence-electron chi connectivity index (χ4n) is 3.64. The van der Waals surface area contributed by atoms with E-state index in [-0.39, 0.29) is 23.2 Å². The number of aromatic nitrogens is 1. The number of carbonyl (C=O) groups excluding carboxylic acids is 1. The molecule has 1 saturated heterocycles. The van der Waals surface area contributed by atoms with Gasteiger partial charge in [-0.3, -0.25) is 14.6 Å². The van der Waals surface area contributed by atoms with Crippen molar-refractivity contribution in [3.63, 3.8) is 0 Å². The Morgan fingerprint density at radius 1 is 1.17 bits per heavy atom. The third-order valence-electron chi connectivity index (χ3n) is 5.57. The van der Waals surface area contributed by atoms with Crippen LogP contribution in [-0.2, 0) is 20.7 Å². The summed E-state index contributed by atoms with van der Waals surface area (Å²) < 4.78 is 21.2. The number of benzene rings is 1. The van der Waals surface area contributed by atoms with Crippen LogP contribution in [0.3, 0.4) is 0 Å². The molecule has 1 aromatic heterocycles. The van der Waals surface area contributed by atoms with Crippen molar-refractivity contribution in [1.29, 1.82) is 0 Å². The van der Waals surface area contributed by atoms with E-state index in [1.807, 2.05) is 6.92 Å². The number of aromatic amines is 1. The molecule has 1 aliphatic rings. The molecule has 0 aliphatic carbocycles. The number of methoxy groups -OCH3 is 2. The normalized spacial score (nSPS) is 12.9. The quantitative estimate of drug-likeness (QED) is 0.221. The second kappa shape index (κ2) is 14.0. The third-order valence-corrected chi connectivity index (χ3v) is 5.57. The Morgan fingerprint density at radius 3 is 2.28 bits per heavy atom. The molecule has 1 fully saturated rings. The summed E-state index contributed by atoms with van der Waals surface area (Å²) in [6.45, 7) is 8.37. The van der Waals surface area contributed by atoms with Crippen molar-refractivity contribution >= 4 is 11.9 Å². The number of aromatic hydroxyl groups is 1. The van der Waals surface area contributed by atoms with Crippen molar-refractivity contribution in [2.24, 2.45) is 4.99 Å². The zero-order valence-corrected chi connectivity index (χ0v) is 21.7. The van der Waals surface area contributed by atoms with Crippen molar-refractivity contribution in [3.8, 4) is 28.4 Å². The van der Waals surface area contributed by atoms with E-state index in [4.69, 9.17) is 14.2 Å². The predicted octanol–water partition coefficient (Wildman–Crippen LogP) is 4.75. The van der Waals surface area contributed by atoms with E-state index in [2.05, 4.69) is 28.2 Å². The fraction of sp³-hybridized carbons (Fsp3) is 0.444. The van der Waals surface area contributed by atoms with Crippen LogP contribution in [0.15, 0.2) is 40.3 Å². The Morgan fingerprint density at radius 2 is 1.83 bits per heavy atom. The van der Waals surface area contributed by atoms with Crippen LogP contribution >= 0.6 is 0 Å². The van der Waals surface area contributed by atoms with Crippen LogP contribution in [0.1, 0.15) is 57.2 Å². The second-order valence-electron chi connectivity index (χ2n) is 8.02. The lowest BCUT2D eigenvalue weighted by molar-refractivity contribution is -0.137. The van der Waals surface area contributed by atoms with E-state index < -0.39 is 5.56 Å². The number of nitrogens with one attached hydrogen (secondary N) is 1. The summed E-state index contributed by atoms with van der Waals surface area (Å²) in [5, 5.41) is 11.3. The molecule has 0 bridgehead atoms. The molecule has 3 rings (SSSR count). The molecule has 9 nitrogen and oxygen atoms in total. The Labute approximate surface area is 211 Å². The summed E-state index contributed by atoms with van der Waals surface area (Å²) in [6, 6.07) is 5.34. The van der Waals surface area contributed by atoms with Crippen LogP contribution in [-0.4, -0.2) is 49.8 Å². The number of H-pyrrole nitrogens is 1. The van der Waals surface area contributed by atoms with Gasteiger partial charge in [0.2, 0.25) is 5.90 Å². The van der Waals surface area contributed by atoms with Gasteiger partial charge in [-0.2, -0.15) is 0 Å².